The number of nitrogens with zero attached hydrogens (tertiary/aromatic N) is 3. The second-order valence-corrected chi connectivity index (χ2v) is 4.51. The lowest BCUT2D eigenvalue weighted by Crippen LogP contribution is -2.33. The number of rotatable bonds is 5. The van der Waals surface area contributed by atoms with Gasteiger partial charge in [0.1, 0.15) is 11.6 Å². The molecule has 2 rings (SSSR count). The number of nitrogens with one attached hydrogen (secondary N) is 1. The molecule has 0 saturated carbocycles. The average Bonchev–Trinajstić information content (AvgIpc) is 2.89. The molecule has 1 aliphatic heterocycles. The highest BCUT2D eigenvalue weighted by molar-refractivity contribution is 5.80. The van der Waals surface area contributed by atoms with Crippen LogP contribution in [0.1, 0.15) is 25.6 Å². The number of hydrogen-bond acceptors (Lipinski definition) is 5. The van der Waals surface area contributed by atoms with E-state index >= 15 is 0 Å². The van der Waals surface area contributed by atoms with Crippen molar-refractivity contribution in [3.63, 3.8) is 0 Å². The van der Waals surface area contributed by atoms with Gasteiger partial charge in [0.05, 0.1) is 13.2 Å². The molecule has 0 unspecified atom stereocenters. The predicted octanol–water partition coefficient (Wildman–Crippen LogP) is 1.22. The summed E-state index contributed by atoms with van der Waals surface area (Å²) in [5.74, 6) is 1.91. The fourth-order valence-corrected chi connectivity index (χ4v) is 2.10. The molecular formula is C13H20N4O2. The summed E-state index contributed by atoms with van der Waals surface area (Å²) in [6, 6.07) is 1.72. The van der Waals surface area contributed by atoms with Gasteiger partial charge in [-0.25, -0.2) is 4.98 Å². The summed E-state index contributed by atoms with van der Waals surface area (Å²) < 4.78 is 5.35. The monoisotopic (exact) mass is 264 g/mol. The van der Waals surface area contributed by atoms with Gasteiger partial charge in [0.15, 0.2) is 0 Å². The lowest BCUT2D eigenvalue weighted by atomic mass is 10.4. The van der Waals surface area contributed by atoms with Crippen LogP contribution >= 0.6 is 0 Å². The Morgan fingerprint density at radius 1 is 1.42 bits per heavy atom. The largest absolute Gasteiger partial charge is 0.478 e. The first kappa shape index (κ1) is 13.6. The third-order valence-electron chi connectivity index (χ3n) is 2.99. The van der Waals surface area contributed by atoms with Crippen molar-refractivity contribution in [3.05, 3.63) is 11.9 Å². The minimum absolute atomic E-state index is 0.117. The van der Waals surface area contributed by atoms with Crippen molar-refractivity contribution in [1.29, 1.82) is 0 Å². The van der Waals surface area contributed by atoms with E-state index in [4.69, 9.17) is 4.74 Å². The lowest BCUT2D eigenvalue weighted by molar-refractivity contribution is -0.128. The first-order chi connectivity index (χ1) is 9.19. The van der Waals surface area contributed by atoms with Gasteiger partial charge in [-0.15, -0.1) is 0 Å². The van der Waals surface area contributed by atoms with E-state index in [0.29, 0.717) is 24.1 Å². The van der Waals surface area contributed by atoms with Crippen molar-refractivity contribution in [3.8, 4) is 5.88 Å². The minimum Gasteiger partial charge on any atom is -0.478 e. The molecule has 1 amide bonds. The van der Waals surface area contributed by atoms with E-state index in [1.807, 2.05) is 11.8 Å². The number of carbonyl (C=O) groups excluding carboxylic acids is 1. The third-order valence-corrected chi connectivity index (χ3v) is 2.99. The van der Waals surface area contributed by atoms with Crippen molar-refractivity contribution in [1.82, 2.24) is 14.9 Å². The van der Waals surface area contributed by atoms with E-state index in [2.05, 4.69) is 15.3 Å². The lowest BCUT2D eigenvalue weighted by Gasteiger charge is -2.16. The maximum atomic E-state index is 11.9. The Balaban J connectivity index is 1.92. The fourth-order valence-electron chi connectivity index (χ4n) is 2.10. The first-order valence-electron chi connectivity index (χ1n) is 6.69. The topological polar surface area (TPSA) is 67.3 Å². The number of carbonyl (C=O) groups is 1. The van der Waals surface area contributed by atoms with Crippen LogP contribution in [0, 0.1) is 6.92 Å². The van der Waals surface area contributed by atoms with E-state index < -0.39 is 0 Å². The number of ether oxygens (including phenoxy) is 1. The van der Waals surface area contributed by atoms with Crippen LogP contribution in [0.3, 0.4) is 0 Å². The molecule has 0 aromatic carbocycles. The van der Waals surface area contributed by atoms with Crippen LogP contribution < -0.4 is 10.1 Å². The molecule has 0 radical (unpaired) electrons. The molecule has 19 heavy (non-hydrogen) atoms. The molecule has 6 heteroatoms. The second-order valence-electron chi connectivity index (χ2n) is 4.51. The van der Waals surface area contributed by atoms with E-state index in [1.165, 1.54) is 0 Å². The highest BCUT2D eigenvalue weighted by Crippen LogP contribution is 2.13. The van der Waals surface area contributed by atoms with Gasteiger partial charge in [-0.05, 0) is 26.7 Å². The molecule has 1 saturated heterocycles. The average molecular weight is 264 g/mol. The number of hydrogen-bond donors (Lipinski definition) is 1. The molecule has 1 N–H and O–H groups in total. The van der Waals surface area contributed by atoms with Crippen LogP contribution in [-0.2, 0) is 4.79 Å². The van der Waals surface area contributed by atoms with E-state index in [9.17, 15) is 4.79 Å². The Bertz CT molecular complexity index is 444. The van der Waals surface area contributed by atoms with Gasteiger partial charge < -0.3 is 15.0 Å². The summed E-state index contributed by atoms with van der Waals surface area (Å²) in [5, 5.41) is 3.04. The molecule has 0 bridgehead atoms. The smallest absolute Gasteiger partial charge is 0.241 e. The summed E-state index contributed by atoms with van der Waals surface area (Å²) in [5.41, 5.74) is 0. The molecule has 104 valence electrons. The summed E-state index contributed by atoms with van der Waals surface area (Å²) in [6.45, 7) is 6.27. The van der Waals surface area contributed by atoms with E-state index in [0.717, 1.165) is 25.9 Å². The molecule has 1 aliphatic rings. The normalized spacial score (nSPS) is 14.5. The van der Waals surface area contributed by atoms with Gasteiger partial charge >= 0.3 is 0 Å². The number of amides is 1. The Hall–Kier alpha value is -1.85. The van der Waals surface area contributed by atoms with Crippen molar-refractivity contribution < 1.29 is 9.53 Å². The second kappa shape index (κ2) is 6.36. The minimum atomic E-state index is 0.117. The zero-order chi connectivity index (χ0) is 13.7. The Morgan fingerprint density at radius 3 is 2.84 bits per heavy atom. The van der Waals surface area contributed by atoms with Crippen molar-refractivity contribution >= 4 is 11.7 Å². The van der Waals surface area contributed by atoms with Crippen LogP contribution in [0.5, 0.6) is 5.88 Å². The molecule has 1 aromatic rings. The summed E-state index contributed by atoms with van der Waals surface area (Å²) in [7, 11) is 0. The van der Waals surface area contributed by atoms with Crippen LogP contribution in [0.15, 0.2) is 6.07 Å². The van der Waals surface area contributed by atoms with Gasteiger partial charge in [0, 0.05) is 19.2 Å². The van der Waals surface area contributed by atoms with Gasteiger partial charge in [-0.1, -0.05) is 0 Å². The molecule has 1 fully saturated rings. The van der Waals surface area contributed by atoms with E-state index in [-0.39, 0.29) is 12.5 Å². The Morgan fingerprint density at radius 2 is 2.16 bits per heavy atom. The van der Waals surface area contributed by atoms with Crippen LogP contribution in [0.2, 0.25) is 0 Å². The summed E-state index contributed by atoms with van der Waals surface area (Å²) >= 11 is 0. The zero-order valence-electron chi connectivity index (χ0n) is 11.5. The van der Waals surface area contributed by atoms with Crippen LogP contribution in [-0.4, -0.2) is 47.0 Å². The van der Waals surface area contributed by atoms with Gasteiger partial charge in [0.2, 0.25) is 11.8 Å². The zero-order valence-corrected chi connectivity index (χ0v) is 11.5. The SMILES string of the molecule is CCOc1cc(NCC(=O)N2CCCC2)nc(C)n1. The Kier molecular flexibility index (Phi) is 4.54. The van der Waals surface area contributed by atoms with Crippen molar-refractivity contribution in [2.75, 3.05) is 31.6 Å². The summed E-state index contributed by atoms with van der Waals surface area (Å²) in [4.78, 5) is 22.2. The Labute approximate surface area is 113 Å². The van der Waals surface area contributed by atoms with Crippen molar-refractivity contribution in [2.45, 2.75) is 26.7 Å². The van der Waals surface area contributed by atoms with E-state index in [1.54, 1.807) is 13.0 Å². The number of likely N-dealkylation sites (tertiary alicyclic amines) is 1. The van der Waals surface area contributed by atoms with Gasteiger partial charge in [-0.2, -0.15) is 4.98 Å². The molecule has 0 aliphatic carbocycles. The standard InChI is InChI=1S/C13H20N4O2/c1-3-19-12-8-11(15-10(2)16-12)14-9-13(18)17-6-4-5-7-17/h8H,3-7,9H2,1-2H3,(H,14,15,16). The third kappa shape index (κ3) is 3.81. The van der Waals surface area contributed by atoms with Crippen LogP contribution in [0.25, 0.3) is 0 Å². The number of anilines is 1. The highest BCUT2D eigenvalue weighted by atomic mass is 16.5. The number of aromatic nitrogens is 2. The van der Waals surface area contributed by atoms with Crippen molar-refractivity contribution in [2.24, 2.45) is 0 Å². The fraction of sp³-hybridized carbons (Fsp3) is 0.615. The maximum Gasteiger partial charge on any atom is 0.241 e. The molecular weight excluding hydrogens is 244 g/mol. The molecule has 0 spiro atoms. The molecule has 2 heterocycles. The molecule has 1 aromatic heterocycles. The number of aryl methyl sites for hydroxylation is 1. The maximum absolute atomic E-state index is 11.9. The van der Waals surface area contributed by atoms with Gasteiger partial charge in [0.25, 0.3) is 0 Å². The molecule has 6 nitrogen and oxygen atoms in total. The van der Waals surface area contributed by atoms with Gasteiger partial charge in [-0.3, -0.25) is 4.79 Å². The quantitative estimate of drug-likeness (QED) is 0.866. The molecule has 0 atom stereocenters. The predicted molar refractivity (Wildman–Crippen MR) is 72.2 cm³/mol. The highest BCUT2D eigenvalue weighted by Gasteiger charge is 2.17. The van der Waals surface area contributed by atoms with Crippen LogP contribution in [0.4, 0.5) is 5.82 Å². The first-order valence-corrected chi connectivity index (χ1v) is 6.69. The summed E-state index contributed by atoms with van der Waals surface area (Å²) in [6.07, 6.45) is 2.21.